The minimum atomic E-state index is -4.19. The smallest absolute Gasteiger partial charge is 0.281 e. The monoisotopic (exact) mass is 645 g/mol. The number of pyridine rings is 2. The molecule has 4 bridgehead atoms. The second kappa shape index (κ2) is 10.0. The van der Waals surface area contributed by atoms with Gasteiger partial charge in [-0.2, -0.15) is 14.5 Å². The summed E-state index contributed by atoms with van der Waals surface area (Å²) in [5.74, 6) is 1.07. The summed E-state index contributed by atoms with van der Waals surface area (Å²) in [6.45, 7) is 5.64. The third kappa shape index (κ3) is 5.32. The number of anilines is 2. The first-order valence-electron chi connectivity index (χ1n) is 11.2. The summed E-state index contributed by atoms with van der Waals surface area (Å²) >= 11 is 0. The Balaban J connectivity index is 0.00000289. The van der Waals surface area contributed by atoms with Gasteiger partial charge in [0.15, 0.2) is 5.03 Å². The molecule has 0 spiro atoms. The zero-order valence-corrected chi connectivity index (χ0v) is 22.1. The quantitative estimate of drug-likeness (QED) is 0.306. The van der Waals surface area contributed by atoms with Crippen molar-refractivity contribution in [2.45, 2.75) is 43.7 Å². The fourth-order valence-electron chi connectivity index (χ4n) is 4.76. The first-order chi connectivity index (χ1) is 16.2. The van der Waals surface area contributed by atoms with Gasteiger partial charge in [-0.15, -0.1) is 12.4 Å². The second-order valence-corrected chi connectivity index (χ2v) is 10.9. The van der Waals surface area contributed by atoms with E-state index in [1.165, 1.54) is 6.07 Å². The molecule has 2 aliphatic heterocycles. The van der Waals surface area contributed by atoms with E-state index in [0.29, 0.717) is 36.5 Å². The summed E-state index contributed by atoms with van der Waals surface area (Å²) in [7, 11) is -4.19. The van der Waals surface area contributed by atoms with Gasteiger partial charge in [0.2, 0.25) is 0 Å². The van der Waals surface area contributed by atoms with Crippen LogP contribution in [0.2, 0.25) is 0 Å². The third-order valence-electron chi connectivity index (χ3n) is 6.33. The Morgan fingerprint density at radius 1 is 1.17 bits per heavy atom. The van der Waals surface area contributed by atoms with Gasteiger partial charge in [0.25, 0.3) is 15.9 Å². The molecule has 12 heteroatoms. The van der Waals surface area contributed by atoms with Gasteiger partial charge in [-0.25, -0.2) is 14.7 Å². The normalized spacial score (nSPS) is 20.9. The maximum Gasteiger partial charge on any atom is 0.281 e. The van der Waals surface area contributed by atoms with Crippen LogP contribution in [0.4, 0.5) is 11.6 Å². The average Bonchev–Trinajstić information content (AvgIpc) is 3.43. The molecule has 2 N–H and O–H groups in total. The largest absolute Gasteiger partial charge is 0.370 e. The number of sulfonamides is 1. The van der Waals surface area contributed by atoms with Crippen LogP contribution in [0.5, 0.6) is 0 Å². The van der Waals surface area contributed by atoms with Crippen LogP contribution >= 0.6 is 0 Å². The second-order valence-electron chi connectivity index (χ2n) is 9.29. The van der Waals surface area contributed by atoms with Crippen molar-refractivity contribution in [3.8, 4) is 5.82 Å². The van der Waals surface area contributed by atoms with Crippen molar-refractivity contribution in [1.29, 1.82) is 0 Å². The van der Waals surface area contributed by atoms with Gasteiger partial charge in [0.05, 0.1) is 5.56 Å². The Labute approximate surface area is 234 Å². The van der Waals surface area contributed by atoms with E-state index < -0.39 is 15.9 Å². The zero-order chi connectivity index (χ0) is 23.9. The van der Waals surface area contributed by atoms with E-state index in [-0.39, 0.29) is 53.9 Å². The van der Waals surface area contributed by atoms with E-state index in [2.05, 4.69) is 45.1 Å². The number of nitrogens with one attached hydrogen (secondary N) is 2. The minimum absolute atomic E-state index is 0. The Bertz CT molecular complexity index is 1330. The molecule has 0 aromatic carbocycles. The number of amides is 1. The van der Waals surface area contributed by atoms with Crippen molar-refractivity contribution >= 4 is 27.6 Å². The Kier molecular flexibility index (Phi) is 7.42. The molecule has 3 aromatic rings. The number of fused-ring (bicyclic) bond motifs is 6. The van der Waals surface area contributed by atoms with Crippen LogP contribution < -0.4 is 14.9 Å². The number of carbonyl (C=O) groups excluding carboxylic acids is 1. The van der Waals surface area contributed by atoms with Crippen LogP contribution in [0, 0.1) is 49.9 Å². The molecule has 2 aliphatic rings. The molecule has 1 saturated heterocycles. The van der Waals surface area contributed by atoms with Gasteiger partial charge in [-0.05, 0) is 63.3 Å². The molecule has 1 radical (unpaired) electrons. The van der Waals surface area contributed by atoms with E-state index in [9.17, 15) is 13.2 Å². The Hall–Kier alpha value is -2.21. The fourth-order valence-corrected chi connectivity index (χ4v) is 5.70. The standard InChI is InChI=1S/C23H26N7O3S.Ho/c1-23(2)14-16-6-4-11-24-18-7-3-8-20(26-18)34(32,33)28-22(31)17-9-10-19(30-13-5-12-25-30)27-21(17)29(23)15-16;/h3,5,7-10,13,16H,4,6,11,14-15H2,1-2H3,(H,24,26)(H,28,31);/q-1;. The predicted octanol–water partition coefficient (Wildman–Crippen LogP) is 2.39. The molecule has 10 nitrogen and oxygen atoms in total. The van der Waals surface area contributed by atoms with Gasteiger partial charge < -0.3 is 20.0 Å². The molecule has 0 aliphatic carbocycles. The zero-order valence-electron chi connectivity index (χ0n) is 19.3. The topological polar surface area (TPSA) is 122 Å². The van der Waals surface area contributed by atoms with Crippen molar-refractivity contribution in [1.82, 2.24) is 24.5 Å². The Morgan fingerprint density at radius 3 is 2.77 bits per heavy atom. The van der Waals surface area contributed by atoms with Crippen LogP contribution in [0.25, 0.3) is 5.82 Å². The number of hydrogen-bond donors (Lipinski definition) is 2. The number of rotatable bonds is 1. The first kappa shape index (κ1) is 25.9. The van der Waals surface area contributed by atoms with E-state index in [4.69, 9.17) is 4.98 Å². The number of hydrogen-bond acceptors (Lipinski definition) is 8. The number of aromatic nitrogens is 4. The minimum Gasteiger partial charge on any atom is -0.370 e. The molecule has 1 amide bonds. The van der Waals surface area contributed by atoms with Crippen LogP contribution in [-0.2, 0) is 10.0 Å². The number of nitrogens with zero attached hydrogens (tertiary/aromatic N) is 5. The van der Waals surface area contributed by atoms with E-state index >= 15 is 0 Å². The van der Waals surface area contributed by atoms with Crippen LogP contribution in [0.3, 0.4) is 0 Å². The summed E-state index contributed by atoms with van der Waals surface area (Å²) < 4.78 is 29.7. The molecule has 35 heavy (non-hydrogen) atoms. The summed E-state index contributed by atoms with van der Waals surface area (Å²) in [6.07, 6.45) is 7.29. The average molecular weight is 646 g/mol. The first-order valence-corrected chi connectivity index (χ1v) is 12.7. The van der Waals surface area contributed by atoms with Crippen molar-refractivity contribution in [2.75, 3.05) is 23.3 Å². The molecule has 0 saturated carbocycles. The molecule has 1 fully saturated rings. The molecule has 189 valence electrons. The molecule has 5 heterocycles. The maximum absolute atomic E-state index is 13.3. The van der Waals surface area contributed by atoms with Crippen molar-refractivity contribution < 1.29 is 51.0 Å². The van der Waals surface area contributed by atoms with Gasteiger partial charge in [0.1, 0.15) is 17.5 Å². The van der Waals surface area contributed by atoms with Gasteiger partial charge in [0, 0.05) is 56.4 Å². The molecule has 3 aromatic heterocycles. The predicted molar refractivity (Wildman–Crippen MR) is 126 cm³/mol. The van der Waals surface area contributed by atoms with Crippen LogP contribution in [0.1, 0.15) is 43.5 Å². The summed E-state index contributed by atoms with van der Waals surface area (Å²) in [5, 5.41) is 7.10. The summed E-state index contributed by atoms with van der Waals surface area (Å²) in [5.41, 5.74) is -0.0853. The van der Waals surface area contributed by atoms with Gasteiger partial charge >= 0.3 is 0 Å². The van der Waals surface area contributed by atoms with Gasteiger partial charge in [-0.1, -0.05) is 6.07 Å². The van der Waals surface area contributed by atoms with Crippen molar-refractivity contribution in [3.63, 3.8) is 0 Å². The fraction of sp³-hybridized carbons (Fsp3) is 0.391. The summed E-state index contributed by atoms with van der Waals surface area (Å²) in [4.78, 5) is 24.4. The maximum atomic E-state index is 13.3. The van der Waals surface area contributed by atoms with E-state index in [0.717, 1.165) is 19.3 Å². The van der Waals surface area contributed by atoms with Crippen LogP contribution in [0.15, 0.2) is 47.6 Å². The third-order valence-corrected chi connectivity index (χ3v) is 7.56. The molecular formula is C23H26HoN7O3S-. The summed E-state index contributed by atoms with van der Waals surface area (Å²) in [6, 6.07) is 9.59. The van der Waals surface area contributed by atoms with Crippen molar-refractivity contribution in [2.24, 2.45) is 5.92 Å². The van der Waals surface area contributed by atoms with Crippen molar-refractivity contribution in [3.05, 3.63) is 54.4 Å². The van der Waals surface area contributed by atoms with E-state index in [1.54, 1.807) is 41.2 Å². The van der Waals surface area contributed by atoms with Crippen LogP contribution in [-0.4, -0.2) is 52.7 Å². The van der Waals surface area contributed by atoms with E-state index in [1.807, 2.05) is 0 Å². The Morgan fingerprint density at radius 2 is 2.00 bits per heavy atom. The number of carbonyl (C=O) groups is 1. The molecule has 1 unspecified atom stereocenters. The molecule has 5 rings (SSSR count). The van der Waals surface area contributed by atoms with Gasteiger partial charge in [-0.3, -0.25) is 4.79 Å². The molecular weight excluding hydrogens is 619 g/mol. The molecule has 1 atom stereocenters. The SMILES string of the molecule is CC1(C)CC2CCCNc3cccc(n3)S(=O)(=O)NC(=O)c3ccc(-n4cc[c-]n4)nc3N1C2.[Ho].